The van der Waals surface area contributed by atoms with E-state index in [9.17, 15) is 14.7 Å². The number of aromatic nitrogens is 4. The molecular formula is C17H28N6O4. The summed E-state index contributed by atoms with van der Waals surface area (Å²) in [6, 6.07) is 0. The zero-order valence-corrected chi connectivity index (χ0v) is 16.3. The number of hydrogen-bond acceptors (Lipinski definition) is 7. The van der Waals surface area contributed by atoms with E-state index < -0.39 is 17.4 Å². The number of H-pyrrole nitrogens is 1. The fraction of sp³-hybridized carbons (Fsp3) is 0.706. The van der Waals surface area contributed by atoms with E-state index in [0.717, 1.165) is 26.2 Å². The predicted octanol–water partition coefficient (Wildman–Crippen LogP) is -1.04. The molecule has 10 nitrogen and oxygen atoms in total. The summed E-state index contributed by atoms with van der Waals surface area (Å²) in [7, 11) is 3.63. The van der Waals surface area contributed by atoms with Gasteiger partial charge in [-0.2, -0.15) is 4.98 Å². The molecule has 1 unspecified atom stereocenters. The van der Waals surface area contributed by atoms with Crippen molar-refractivity contribution in [3.8, 4) is 0 Å². The lowest BCUT2D eigenvalue weighted by Gasteiger charge is -2.33. The van der Waals surface area contributed by atoms with E-state index >= 15 is 0 Å². The van der Waals surface area contributed by atoms with Gasteiger partial charge in [-0.05, 0) is 20.9 Å². The van der Waals surface area contributed by atoms with E-state index in [1.807, 2.05) is 13.8 Å². The number of aliphatic hydroxyl groups excluding tert-OH is 1. The lowest BCUT2D eigenvalue weighted by Crippen LogP contribution is -2.45. The van der Waals surface area contributed by atoms with Crippen molar-refractivity contribution in [1.82, 2.24) is 24.0 Å². The van der Waals surface area contributed by atoms with E-state index in [2.05, 4.69) is 26.8 Å². The van der Waals surface area contributed by atoms with Crippen molar-refractivity contribution in [1.29, 1.82) is 0 Å². The van der Waals surface area contributed by atoms with Crippen molar-refractivity contribution in [2.45, 2.75) is 32.6 Å². The van der Waals surface area contributed by atoms with E-state index in [0.29, 0.717) is 11.6 Å². The highest BCUT2D eigenvalue weighted by molar-refractivity contribution is 5.74. The molecule has 0 aliphatic carbocycles. The smallest absolute Gasteiger partial charge is 0.329 e. The standard InChI is InChI=1S/C17H28N6O4/c1-11(2)27-10-12(24)9-23-13-14(21(4)17(26)19-15(13)25)18-16(23)22-7-5-20(3)6-8-22/h11-12,24H,5-10H2,1-4H3,(H,19,25,26). The largest absolute Gasteiger partial charge is 0.389 e. The molecule has 0 spiro atoms. The maximum Gasteiger partial charge on any atom is 0.329 e. The molecule has 1 aliphatic rings. The molecule has 0 saturated carbocycles. The van der Waals surface area contributed by atoms with Gasteiger partial charge in [-0.25, -0.2) is 4.79 Å². The zero-order valence-electron chi connectivity index (χ0n) is 16.3. The second kappa shape index (κ2) is 7.83. The van der Waals surface area contributed by atoms with Crippen LogP contribution in [0.5, 0.6) is 0 Å². The average molecular weight is 380 g/mol. The molecule has 3 rings (SSSR count). The molecular weight excluding hydrogens is 352 g/mol. The van der Waals surface area contributed by atoms with Gasteiger partial charge >= 0.3 is 5.69 Å². The second-order valence-electron chi connectivity index (χ2n) is 7.34. The highest BCUT2D eigenvalue weighted by Gasteiger charge is 2.25. The van der Waals surface area contributed by atoms with Crippen molar-refractivity contribution >= 4 is 17.1 Å². The van der Waals surface area contributed by atoms with Gasteiger partial charge in [0.05, 0.1) is 25.4 Å². The molecule has 2 aromatic rings. The van der Waals surface area contributed by atoms with Gasteiger partial charge in [0.2, 0.25) is 5.95 Å². The number of aliphatic hydroxyl groups is 1. The molecule has 150 valence electrons. The van der Waals surface area contributed by atoms with Crippen molar-refractivity contribution in [2.24, 2.45) is 7.05 Å². The Kier molecular flexibility index (Phi) is 5.68. The van der Waals surface area contributed by atoms with Crippen LogP contribution in [0.2, 0.25) is 0 Å². The molecule has 0 radical (unpaired) electrons. The van der Waals surface area contributed by atoms with E-state index in [1.54, 1.807) is 11.6 Å². The Bertz CT molecular complexity index is 907. The quantitative estimate of drug-likeness (QED) is 0.659. The highest BCUT2D eigenvalue weighted by Crippen LogP contribution is 2.21. The Labute approximate surface area is 157 Å². The number of ether oxygens (including phenoxy) is 1. The lowest BCUT2D eigenvalue weighted by molar-refractivity contribution is -0.000195. The third kappa shape index (κ3) is 4.07. The van der Waals surface area contributed by atoms with Crippen LogP contribution in [0, 0.1) is 0 Å². The SMILES string of the molecule is CC(C)OCC(O)Cn1c(N2CCN(C)CC2)nc2c1c(=O)[nH]c(=O)n2C. The number of piperazine rings is 1. The van der Waals surface area contributed by atoms with Crippen molar-refractivity contribution in [3.63, 3.8) is 0 Å². The fourth-order valence-corrected chi connectivity index (χ4v) is 3.21. The minimum absolute atomic E-state index is 0.000470. The van der Waals surface area contributed by atoms with Gasteiger partial charge in [0.1, 0.15) is 0 Å². The van der Waals surface area contributed by atoms with Crippen molar-refractivity contribution < 1.29 is 9.84 Å². The Hall–Kier alpha value is -2.17. The third-order valence-electron chi connectivity index (χ3n) is 4.79. The maximum atomic E-state index is 12.5. The van der Waals surface area contributed by atoms with Gasteiger partial charge in [0.15, 0.2) is 11.2 Å². The number of fused-ring (bicyclic) bond motifs is 1. The molecule has 1 fully saturated rings. The molecule has 0 aromatic carbocycles. The van der Waals surface area contributed by atoms with Crippen LogP contribution in [-0.4, -0.2) is 81.2 Å². The summed E-state index contributed by atoms with van der Waals surface area (Å²) >= 11 is 0. The highest BCUT2D eigenvalue weighted by atomic mass is 16.5. The van der Waals surface area contributed by atoms with Crippen LogP contribution in [0.25, 0.3) is 11.2 Å². The van der Waals surface area contributed by atoms with Gasteiger partial charge < -0.3 is 24.2 Å². The number of aromatic amines is 1. The number of aryl methyl sites for hydroxylation is 1. The fourth-order valence-electron chi connectivity index (χ4n) is 3.21. The van der Waals surface area contributed by atoms with Crippen molar-refractivity contribution in [2.75, 3.05) is 44.7 Å². The van der Waals surface area contributed by atoms with Crippen LogP contribution in [-0.2, 0) is 18.3 Å². The Morgan fingerprint density at radius 2 is 1.85 bits per heavy atom. The molecule has 0 bridgehead atoms. The van der Waals surface area contributed by atoms with Crippen LogP contribution in [0.15, 0.2) is 9.59 Å². The third-order valence-corrected chi connectivity index (χ3v) is 4.79. The minimum Gasteiger partial charge on any atom is -0.389 e. The van der Waals surface area contributed by atoms with Crippen LogP contribution in [0.1, 0.15) is 13.8 Å². The van der Waals surface area contributed by atoms with Crippen LogP contribution >= 0.6 is 0 Å². The first-order chi connectivity index (χ1) is 12.8. The second-order valence-corrected chi connectivity index (χ2v) is 7.34. The summed E-state index contributed by atoms with van der Waals surface area (Å²) in [5.74, 6) is 0.591. The van der Waals surface area contributed by atoms with Gasteiger partial charge in [0.25, 0.3) is 5.56 Å². The zero-order chi connectivity index (χ0) is 19.7. The Balaban J connectivity index is 2.04. The van der Waals surface area contributed by atoms with Gasteiger partial charge in [-0.15, -0.1) is 0 Å². The van der Waals surface area contributed by atoms with Crippen LogP contribution < -0.4 is 16.1 Å². The van der Waals surface area contributed by atoms with Crippen LogP contribution in [0.4, 0.5) is 5.95 Å². The van der Waals surface area contributed by atoms with E-state index in [4.69, 9.17) is 4.74 Å². The Morgan fingerprint density at radius 1 is 1.19 bits per heavy atom. The number of nitrogens with zero attached hydrogens (tertiary/aromatic N) is 5. The summed E-state index contributed by atoms with van der Waals surface area (Å²) in [4.78, 5) is 35.7. The summed E-state index contributed by atoms with van der Waals surface area (Å²) in [6.45, 7) is 7.36. The van der Waals surface area contributed by atoms with Gasteiger partial charge in [-0.3, -0.25) is 14.3 Å². The molecule has 2 N–H and O–H groups in total. The van der Waals surface area contributed by atoms with Gasteiger partial charge in [-0.1, -0.05) is 0 Å². The summed E-state index contributed by atoms with van der Waals surface area (Å²) < 4.78 is 8.52. The molecule has 3 heterocycles. The molecule has 1 saturated heterocycles. The number of likely N-dealkylation sites (N-methyl/N-ethyl adjacent to an activating group) is 1. The number of nitrogens with one attached hydrogen (secondary N) is 1. The topological polar surface area (TPSA) is 109 Å². The first kappa shape index (κ1) is 19.6. The first-order valence-corrected chi connectivity index (χ1v) is 9.20. The summed E-state index contributed by atoms with van der Waals surface area (Å²) in [5.41, 5.74) is -0.409. The lowest BCUT2D eigenvalue weighted by atomic mass is 10.3. The minimum atomic E-state index is -0.798. The number of anilines is 1. The monoisotopic (exact) mass is 380 g/mol. The maximum absolute atomic E-state index is 12.5. The number of rotatable bonds is 6. The summed E-state index contributed by atoms with van der Waals surface area (Å²) in [6.07, 6.45) is -0.798. The molecule has 1 aliphatic heterocycles. The molecule has 1 atom stereocenters. The normalized spacial score (nSPS) is 17.2. The number of hydrogen-bond donors (Lipinski definition) is 2. The molecule has 10 heteroatoms. The molecule has 2 aromatic heterocycles. The Morgan fingerprint density at radius 3 is 2.48 bits per heavy atom. The predicted molar refractivity (Wildman–Crippen MR) is 102 cm³/mol. The average Bonchev–Trinajstić information content (AvgIpc) is 2.98. The van der Waals surface area contributed by atoms with E-state index in [-0.39, 0.29) is 24.8 Å². The van der Waals surface area contributed by atoms with Crippen molar-refractivity contribution in [3.05, 3.63) is 20.8 Å². The first-order valence-electron chi connectivity index (χ1n) is 9.20. The summed E-state index contributed by atoms with van der Waals surface area (Å²) in [5, 5.41) is 10.4. The van der Waals surface area contributed by atoms with Gasteiger partial charge in [0, 0.05) is 33.2 Å². The van der Waals surface area contributed by atoms with Crippen LogP contribution in [0.3, 0.4) is 0 Å². The number of imidazole rings is 1. The molecule has 27 heavy (non-hydrogen) atoms. The van der Waals surface area contributed by atoms with E-state index in [1.165, 1.54) is 4.57 Å². The molecule has 0 amide bonds.